The van der Waals surface area contributed by atoms with Crippen molar-refractivity contribution in [3.05, 3.63) is 35.1 Å². The summed E-state index contributed by atoms with van der Waals surface area (Å²) in [5.74, 6) is -4.26. The van der Waals surface area contributed by atoms with Gasteiger partial charge in [-0.1, -0.05) is 13.8 Å². The quantitative estimate of drug-likeness (QED) is 0.778. The third kappa shape index (κ3) is 4.48. The van der Waals surface area contributed by atoms with Crippen LogP contribution in [-0.4, -0.2) is 42.2 Å². The van der Waals surface area contributed by atoms with Gasteiger partial charge in [0.05, 0.1) is 18.6 Å². The van der Waals surface area contributed by atoms with Gasteiger partial charge >= 0.3 is 0 Å². The number of aliphatic hydroxyl groups is 1. The minimum absolute atomic E-state index is 0.000663. The molecule has 1 fully saturated rings. The molecule has 0 aromatic heterocycles. The number of carbonyl (C=O) groups excluding carboxylic acids is 1. The first-order valence-corrected chi connectivity index (χ1v) is 8.09. The summed E-state index contributed by atoms with van der Waals surface area (Å²) in [6.07, 6.45) is 0.697. The molecule has 0 saturated carbocycles. The standard InChI is InChI=1S/C17H23F3N2O2/c1-10(2)7-22-4-3-11(8-22)17(24)21-15(9-23)12-5-13(18)16(20)14(19)6-12/h5-6,10-11,15,23H,3-4,7-9H2,1-2H3,(H,21,24). The Morgan fingerprint density at radius 1 is 1.33 bits per heavy atom. The van der Waals surface area contributed by atoms with Crippen LogP contribution in [0.4, 0.5) is 13.2 Å². The Bertz CT molecular complexity index is 572. The first-order chi connectivity index (χ1) is 11.3. The molecular weight excluding hydrogens is 321 g/mol. The maximum Gasteiger partial charge on any atom is 0.225 e. The second kappa shape index (κ2) is 7.98. The minimum atomic E-state index is -1.57. The van der Waals surface area contributed by atoms with E-state index in [9.17, 15) is 23.1 Å². The Morgan fingerprint density at radius 2 is 1.96 bits per heavy atom. The van der Waals surface area contributed by atoms with Crippen molar-refractivity contribution in [1.29, 1.82) is 0 Å². The van der Waals surface area contributed by atoms with Gasteiger partial charge in [-0.25, -0.2) is 13.2 Å². The van der Waals surface area contributed by atoms with Crippen LogP contribution < -0.4 is 5.32 Å². The molecule has 2 N–H and O–H groups in total. The highest BCUT2D eigenvalue weighted by molar-refractivity contribution is 5.79. The molecule has 2 rings (SSSR count). The van der Waals surface area contributed by atoms with Gasteiger partial charge in [0.1, 0.15) is 0 Å². The molecule has 1 aliphatic heterocycles. The van der Waals surface area contributed by atoms with E-state index in [0.29, 0.717) is 18.9 Å². The van der Waals surface area contributed by atoms with Gasteiger partial charge in [-0.05, 0) is 36.6 Å². The van der Waals surface area contributed by atoms with Gasteiger partial charge in [-0.3, -0.25) is 4.79 Å². The highest BCUT2D eigenvalue weighted by atomic mass is 19.2. The molecule has 0 bridgehead atoms. The van der Waals surface area contributed by atoms with Crippen molar-refractivity contribution in [2.45, 2.75) is 26.3 Å². The van der Waals surface area contributed by atoms with Crippen molar-refractivity contribution < 1.29 is 23.1 Å². The van der Waals surface area contributed by atoms with Crippen LogP contribution in [0, 0.1) is 29.3 Å². The maximum absolute atomic E-state index is 13.3. The highest BCUT2D eigenvalue weighted by Gasteiger charge is 2.30. The lowest BCUT2D eigenvalue weighted by Crippen LogP contribution is -2.37. The summed E-state index contributed by atoms with van der Waals surface area (Å²) < 4.78 is 39.7. The molecule has 1 aromatic rings. The maximum atomic E-state index is 13.3. The Morgan fingerprint density at radius 3 is 2.50 bits per heavy atom. The summed E-state index contributed by atoms with van der Waals surface area (Å²) in [7, 11) is 0. The van der Waals surface area contributed by atoms with Gasteiger partial charge in [-0.2, -0.15) is 0 Å². The van der Waals surface area contributed by atoms with Gasteiger partial charge in [-0.15, -0.1) is 0 Å². The second-order valence-electron chi connectivity index (χ2n) is 6.68. The van der Waals surface area contributed by atoms with Crippen molar-refractivity contribution in [1.82, 2.24) is 10.2 Å². The van der Waals surface area contributed by atoms with E-state index in [2.05, 4.69) is 24.1 Å². The summed E-state index contributed by atoms with van der Waals surface area (Å²) >= 11 is 0. The molecule has 0 radical (unpaired) electrons. The lowest BCUT2D eigenvalue weighted by molar-refractivity contribution is -0.125. The smallest absolute Gasteiger partial charge is 0.225 e. The van der Waals surface area contributed by atoms with Crippen LogP contribution in [0.2, 0.25) is 0 Å². The third-order valence-corrected chi connectivity index (χ3v) is 4.17. The number of hydrogen-bond acceptors (Lipinski definition) is 3. The minimum Gasteiger partial charge on any atom is -0.394 e. The molecule has 134 valence electrons. The van der Waals surface area contributed by atoms with Crippen molar-refractivity contribution >= 4 is 5.91 Å². The SMILES string of the molecule is CC(C)CN1CCC(C(=O)NC(CO)c2cc(F)c(F)c(F)c2)C1. The Balaban J connectivity index is 2.01. The molecule has 0 spiro atoms. The number of nitrogens with one attached hydrogen (secondary N) is 1. The Kier molecular flexibility index (Phi) is 6.23. The van der Waals surface area contributed by atoms with Crippen LogP contribution in [0.1, 0.15) is 31.9 Å². The third-order valence-electron chi connectivity index (χ3n) is 4.17. The fourth-order valence-corrected chi connectivity index (χ4v) is 3.03. The number of hydrogen-bond donors (Lipinski definition) is 2. The zero-order valence-corrected chi connectivity index (χ0v) is 13.9. The fraction of sp³-hybridized carbons (Fsp3) is 0.588. The largest absolute Gasteiger partial charge is 0.394 e. The molecule has 24 heavy (non-hydrogen) atoms. The van der Waals surface area contributed by atoms with Crippen LogP contribution >= 0.6 is 0 Å². The number of aliphatic hydroxyl groups excluding tert-OH is 1. The lowest BCUT2D eigenvalue weighted by atomic mass is 10.0. The summed E-state index contributed by atoms with van der Waals surface area (Å²) in [4.78, 5) is 14.5. The predicted molar refractivity (Wildman–Crippen MR) is 83.7 cm³/mol. The molecule has 4 nitrogen and oxygen atoms in total. The van der Waals surface area contributed by atoms with Crippen LogP contribution in [0.3, 0.4) is 0 Å². The van der Waals surface area contributed by atoms with E-state index in [0.717, 1.165) is 25.2 Å². The van der Waals surface area contributed by atoms with E-state index < -0.39 is 30.1 Å². The Labute approximate surface area is 139 Å². The number of rotatable bonds is 6. The summed E-state index contributed by atoms with van der Waals surface area (Å²) in [5.41, 5.74) is -0.000663. The van der Waals surface area contributed by atoms with Crippen LogP contribution in [-0.2, 0) is 4.79 Å². The number of nitrogens with zero attached hydrogens (tertiary/aromatic N) is 1. The zero-order valence-electron chi connectivity index (χ0n) is 13.9. The molecule has 1 aliphatic rings. The van der Waals surface area contributed by atoms with Crippen molar-refractivity contribution in [2.24, 2.45) is 11.8 Å². The molecule has 7 heteroatoms. The van der Waals surface area contributed by atoms with Crippen LogP contribution in [0.5, 0.6) is 0 Å². The van der Waals surface area contributed by atoms with Gasteiger partial charge in [0.25, 0.3) is 0 Å². The average Bonchev–Trinajstić information content (AvgIpc) is 2.97. The lowest BCUT2D eigenvalue weighted by Gasteiger charge is -2.21. The fourth-order valence-electron chi connectivity index (χ4n) is 3.03. The number of likely N-dealkylation sites (tertiary alicyclic amines) is 1. The molecule has 0 aliphatic carbocycles. The number of carbonyl (C=O) groups is 1. The average molecular weight is 344 g/mol. The molecule has 1 saturated heterocycles. The summed E-state index contributed by atoms with van der Waals surface area (Å²) in [6, 6.07) is 0.611. The van der Waals surface area contributed by atoms with Crippen molar-refractivity contribution in [2.75, 3.05) is 26.2 Å². The molecule has 1 amide bonds. The molecule has 1 heterocycles. The van der Waals surface area contributed by atoms with Crippen LogP contribution in [0.15, 0.2) is 12.1 Å². The van der Waals surface area contributed by atoms with Crippen molar-refractivity contribution in [3.8, 4) is 0 Å². The first-order valence-electron chi connectivity index (χ1n) is 8.09. The highest BCUT2D eigenvalue weighted by Crippen LogP contribution is 2.22. The van der Waals surface area contributed by atoms with E-state index in [1.165, 1.54) is 0 Å². The molecule has 1 aromatic carbocycles. The van der Waals surface area contributed by atoms with E-state index >= 15 is 0 Å². The monoisotopic (exact) mass is 344 g/mol. The van der Waals surface area contributed by atoms with E-state index in [4.69, 9.17) is 0 Å². The zero-order chi connectivity index (χ0) is 17.9. The number of amides is 1. The first kappa shape index (κ1) is 18.7. The van der Waals surface area contributed by atoms with E-state index in [1.807, 2.05) is 0 Å². The second-order valence-corrected chi connectivity index (χ2v) is 6.68. The van der Waals surface area contributed by atoms with Gasteiger partial charge in [0.15, 0.2) is 17.5 Å². The van der Waals surface area contributed by atoms with Crippen molar-refractivity contribution in [3.63, 3.8) is 0 Å². The topological polar surface area (TPSA) is 52.6 Å². The predicted octanol–water partition coefficient (Wildman–Crippen LogP) is 2.23. The van der Waals surface area contributed by atoms with E-state index in [1.54, 1.807) is 0 Å². The summed E-state index contributed by atoms with van der Waals surface area (Å²) in [5, 5.41) is 12.0. The molecular formula is C17H23F3N2O2. The summed E-state index contributed by atoms with van der Waals surface area (Å²) in [6.45, 7) is 6.02. The number of halogens is 3. The normalized spacial score (nSPS) is 19.7. The molecule has 2 unspecified atom stereocenters. The van der Waals surface area contributed by atoms with Gasteiger partial charge in [0, 0.05) is 13.1 Å². The van der Waals surface area contributed by atoms with Crippen LogP contribution in [0.25, 0.3) is 0 Å². The van der Waals surface area contributed by atoms with Gasteiger partial charge in [0.2, 0.25) is 5.91 Å². The van der Waals surface area contributed by atoms with E-state index in [-0.39, 0.29) is 17.4 Å². The number of benzene rings is 1. The van der Waals surface area contributed by atoms with Gasteiger partial charge < -0.3 is 15.3 Å². The molecule has 2 atom stereocenters. The Hall–Kier alpha value is -1.60.